The number of aryl methyl sites for hydroxylation is 2. The quantitative estimate of drug-likeness (QED) is 0.634. The molecule has 1 heterocycles. The van der Waals surface area contributed by atoms with Crippen molar-refractivity contribution in [2.75, 3.05) is 6.54 Å². The van der Waals surface area contributed by atoms with Crippen molar-refractivity contribution in [1.82, 2.24) is 20.4 Å². The van der Waals surface area contributed by atoms with E-state index in [-0.39, 0.29) is 0 Å². The van der Waals surface area contributed by atoms with E-state index in [4.69, 9.17) is 23.8 Å². The summed E-state index contributed by atoms with van der Waals surface area (Å²) < 4.78 is 1.86. The Bertz CT molecular complexity index is 563. The summed E-state index contributed by atoms with van der Waals surface area (Å²) in [5.74, 6) is 0. The van der Waals surface area contributed by atoms with Gasteiger partial charge in [-0.25, -0.2) is 0 Å². The SMILES string of the molecule is Cc1nn(CCCNC(=S)NCc2ccccc2)cc1Cl. The molecule has 0 bridgehead atoms. The molecule has 0 saturated carbocycles. The Morgan fingerprint density at radius 3 is 2.71 bits per heavy atom. The molecular weight excluding hydrogens is 304 g/mol. The van der Waals surface area contributed by atoms with Crippen LogP contribution in [0.4, 0.5) is 0 Å². The van der Waals surface area contributed by atoms with Gasteiger partial charge in [-0.3, -0.25) is 4.68 Å². The lowest BCUT2D eigenvalue weighted by Crippen LogP contribution is -2.35. The molecule has 0 aliphatic carbocycles. The van der Waals surface area contributed by atoms with Crippen LogP contribution in [0, 0.1) is 6.92 Å². The van der Waals surface area contributed by atoms with E-state index in [0.717, 1.165) is 31.7 Å². The highest BCUT2D eigenvalue weighted by Crippen LogP contribution is 2.11. The number of rotatable bonds is 6. The molecule has 0 radical (unpaired) electrons. The summed E-state index contributed by atoms with van der Waals surface area (Å²) in [4.78, 5) is 0. The van der Waals surface area contributed by atoms with Crippen molar-refractivity contribution in [2.24, 2.45) is 0 Å². The molecule has 2 rings (SSSR count). The summed E-state index contributed by atoms with van der Waals surface area (Å²) in [6, 6.07) is 10.2. The molecule has 0 fully saturated rings. The summed E-state index contributed by atoms with van der Waals surface area (Å²) in [7, 11) is 0. The van der Waals surface area contributed by atoms with E-state index in [0.29, 0.717) is 10.1 Å². The largest absolute Gasteiger partial charge is 0.363 e. The average molecular weight is 323 g/mol. The van der Waals surface area contributed by atoms with Gasteiger partial charge in [-0.15, -0.1) is 0 Å². The minimum atomic E-state index is 0.675. The number of nitrogens with zero attached hydrogens (tertiary/aromatic N) is 2. The Balaban J connectivity index is 1.61. The molecule has 6 heteroatoms. The fourth-order valence-corrected chi connectivity index (χ4v) is 2.22. The van der Waals surface area contributed by atoms with Gasteiger partial charge in [-0.05, 0) is 31.1 Å². The zero-order valence-electron chi connectivity index (χ0n) is 12.0. The van der Waals surface area contributed by atoms with Crippen LogP contribution in [-0.2, 0) is 13.1 Å². The van der Waals surface area contributed by atoms with Crippen LogP contribution in [0.1, 0.15) is 17.7 Å². The second-order valence-corrected chi connectivity index (χ2v) is 5.59. The summed E-state index contributed by atoms with van der Waals surface area (Å²) in [6.45, 7) is 4.26. The molecule has 0 saturated heterocycles. The van der Waals surface area contributed by atoms with Gasteiger partial charge in [0.25, 0.3) is 0 Å². The first-order valence-electron chi connectivity index (χ1n) is 6.90. The predicted octanol–water partition coefficient (Wildman–Crippen LogP) is 2.90. The van der Waals surface area contributed by atoms with Crippen LogP contribution in [-0.4, -0.2) is 21.4 Å². The van der Waals surface area contributed by atoms with Gasteiger partial charge in [0.05, 0.1) is 10.7 Å². The minimum absolute atomic E-state index is 0.675. The van der Waals surface area contributed by atoms with Gasteiger partial charge < -0.3 is 10.6 Å². The van der Waals surface area contributed by atoms with E-state index in [1.165, 1.54) is 5.56 Å². The second-order valence-electron chi connectivity index (χ2n) is 4.77. The number of thiocarbonyl (C=S) groups is 1. The molecule has 0 unspecified atom stereocenters. The van der Waals surface area contributed by atoms with Gasteiger partial charge >= 0.3 is 0 Å². The van der Waals surface area contributed by atoms with Crippen LogP contribution in [0.5, 0.6) is 0 Å². The number of halogens is 1. The van der Waals surface area contributed by atoms with Crippen molar-refractivity contribution < 1.29 is 0 Å². The van der Waals surface area contributed by atoms with Crippen LogP contribution < -0.4 is 10.6 Å². The first-order chi connectivity index (χ1) is 10.1. The molecule has 4 nitrogen and oxygen atoms in total. The molecule has 0 aliphatic heterocycles. The predicted molar refractivity (Wildman–Crippen MR) is 90.5 cm³/mol. The van der Waals surface area contributed by atoms with Gasteiger partial charge in [0.2, 0.25) is 0 Å². The Morgan fingerprint density at radius 2 is 2.05 bits per heavy atom. The topological polar surface area (TPSA) is 41.9 Å². The Labute approximate surface area is 135 Å². The number of benzene rings is 1. The third-order valence-electron chi connectivity index (χ3n) is 3.03. The van der Waals surface area contributed by atoms with Crippen molar-refractivity contribution in [3.63, 3.8) is 0 Å². The number of nitrogens with one attached hydrogen (secondary N) is 2. The molecule has 2 N–H and O–H groups in total. The monoisotopic (exact) mass is 322 g/mol. The van der Waals surface area contributed by atoms with E-state index in [2.05, 4.69) is 27.9 Å². The van der Waals surface area contributed by atoms with Crippen molar-refractivity contribution in [1.29, 1.82) is 0 Å². The normalized spacial score (nSPS) is 10.4. The molecule has 2 aromatic rings. The van der Waals surface area contributed by atoms with Gasteiger partial charge in [-0.2, -0.15) is 5.10 Å². The van der Waals surface area contributed by atoms with Gasteiger partial charge in [0.15, 0.2) is 5.11 Å². The second kappa shape index (κ2) is 8.00. The van der Waals surface area contributed by atoms with Crippen LogP contribution >= 0.6 is 23.8 Å². The molecule has 1 aromatic heterocycles. The van der Waals surface area contributed by atoms with Crippen LogP contribution in [0.3, 0.4) is 0 Å². The van der Waals surface area contributed by atoms with E-state index < -0.39 is 0 Å². The minimum Gasteiger partial charge on any atom is -0.363 e. The Hall–Kier alpha value is -1.59. The molecule has 0 amide bonds. The van der Waals surface area contributed by atoms with E-state index in [1.807, 2.05) is 36.0 Å². The highest BCUT2D eigenvalue weighted by molar-refractivity contribution is 7.80. The zero-order valence-corrected chi connectivity index (χ0v) is 13.5. The molecule has 0 atom stereocenters. The fourth-order valence-electron chi connectivity index (χ4n) is 1.89. The first kappa shape index (κ1) is 15.8. The van der Waals surface area contributed by atoms with Crippen molar-refractivity contribution in [2.45, 2.75) is 26.4 Å². The van der Waals surface area contributed by atoms with Gasteiger partial charge in [-0.1, -0.05) is 41.9 Å². The van der Waals surface area contributed by atoms with E-state index >= 15 is 0 Å². The summed E-state index contributed by atoms with van der Waals surface area (Å²) in [5, 5.41) is 12.1. The van der Waals surface area contributed by atoms with E-state index in [9.17, 15) is 0 Å². The Morgan fingerprint density at radius 1 is 1.29 bits per heavy atom. The summed E-state index contributed by atoms with van der Waals surface area (Å²) in [5.41, 5.74) is 2.08. The van der Waals surface area contributed by atoms with Crippen LogP contribution in [0.15, 0.2) is 36.5 Å². The molecule has 21 heavy (non-hydrogen) atoms. The number of hydrogen-bond donors (Lipinski definition) is 2. The lowest BCUT2D eigenvalue weighted by molar-refractivity contribution is 0.568. The maximum atomic E-state index is 5.96. The lowest BCUT2D eigenvalue weighted by Gasteiger charge is -2.10. The average Bonchev–Trinajstić information content (AvgIpc) is 2.81. The Kier molecular flexibility index (Phi) is 6.02. The smallest absolute Gasteiger partial charge is 0.166 e. The fraction of sp³-hybridized carbons (Fsp3) is 0.333. The summed E-state index contributed by atoms with van der Waals surface area (Å²) in [6.07, 6.45) is 2.79. The van der Waals surface area contributed by atoms with E-state index in [1.54, 1.807) is 0 Å². The first-order valence-corrected chi connectivity index (χ1v) is 7.69. The standard InChI is InChI=1S/C15H19ClN4S/c1-12-14(16)11-20(19-12)9-5-8-17-15(21)18-10-13-6-3-2-4-7-13/h2-4,6-7,11H,5,8-10H2,1H3,(H2,17,18,21). The molecule has 112 valence electrons. The highest BCUT2D eigenvalue weighted by atomic mass is 35.5. The van der Waals surface area contributed by atoms with Crippen LogP contribution in [0.2, 0.25) is 5.02 Å². The molecular formula is C15H19ClN4S. The highest BCUT2D eigenvalue weighted by Gasteiger charge is 2.01. The van der Waals surface area contributed by atoms with Crippen molar-refractivity contribution in [3.05, 3.63) is 52.8 Å². The number of hydrogen-bond acceptors (Lipinski definition) is 2. The van der Waals surface area contributed by atoms with Crippen molar-refractivity contribution in [3.8, 4) is 0 Å². The maximum absolute atomic E-state index is 5.96. The van der Waals surface area contributed by atoms with Crippen molar-refractivity contribution >= 4 is 28.9 Å². The van der Waals surface area contributed by atoms with Crippen LogP contribution in [0.25, 0.3) is 0 Å². The molecule has 0 aliphatic rings. The molecule has 1 aromatic carbocycles. The van der Waals surface area contributed by atoms with Gasteiger partial charge in [0.1, 0.15) is 0 Å². The maximum Gasteiger partial charge on any atom is 0.166 e. The zero-order chi connectivity index (χ0) is 15.1. The third kappa shape index (κ3) is 5.36. The lowest BCUT2D eigenvalue weighted by atomic mass is 10.2. The number of aromatic nitrogens is 2. The molecule has 0 spiro atoms. The summed E-state index contributed by atoms with van der Waals surface area (Å²) >= 11 is 11.2. The third-order valence-corrected chi connectivity index (χ3v) is 3.69. The van der Waals surface area contributed by atoms with Gasteiger partial charge in [0, 0.05) is 25.8 Å².